The van der Waals surface area contributed by atoms with Crippen molar-refractivity contribution in [3.63, 3.8) is 0 Å². The number of hydrogen-bond acceptors (Lipinski definition) is 2. The normalized spacial score (nSPS) is 13.0. The molecule has 0 aliphatic rings. The van der Waals surface area contributed by atoms with Crippen molar-refractivity contribution in [2.24, 2.45) is 44.6 Å². The summed E-state index contributed by atoms with van der Waals surface area (Å²) in [5.41, 5.74) is 7.91. The third-order valence-electron chi connectivity index (χ3n) is 5.55. The van der Waals surface area contributed by atoms with E-state index < -0.39 is 0 Å². The molecule has 0 radical (unpaired) electrons. The van der Waals surface area contributed by atoms with Gasteiger partial charge in [0.2, 0.25) is 0 Å². The highest BCUT2D eigenvalue weighted by Gasteiger charge is 2.17. The van der Waals surface area contributed by atoms with Gasteiger partial charge in [0.1, 0.15) is 0 Å². The van der Waals surface area contributed by atoms with Crippen LogP contribution in [0, 0.1) is 38.9 Å². The molecule has 0 aromatic carbocycles. The largest absolute Gasteiger partial charge is 0.330 e. The van der Waals surface area contributed by atoms with Crippen LogP contribution in [-0.2, 0) is 0 Å². The molecule has 2 heteroatoms. The lowest BCUT2D eigenvalue weighted by molar-refractivity contribution is 0.254. The summed E-state index contributed by atoms with van der Waals surface area (Å²) in [6, 6.07) is 0. The van der Waals surface area contributed by atoms with E-state index in [0.29, 0.717) is 27.1 Å². The molecule has 1 nitrogen and oxygen atoms in total. The molecule has 0 fully saturated rings. The second kappa shape index (κ2) is 24.0. The van der Waals surface area contributed by atoms with Gasteiger partial charge in [-0.2, -0.15) is 11.8 Å². The zero-order valence-corrected chi connectivity index (χ0v) is 32.1. The van der Waals surface area contributed by atoms with Crippen molar-refractivity contribution in [3.8, 4) is 0 Å². The number of nitrogens with two attached hydrogens (primary N) is 1. The molecule has 1 unspecified atom stereocenters. The van der Waals surface area contributed by atoms with Crippen LogP contribution in [-0.4, -0.2) is 18.6 Å². The predicted molar refractivity (Wildman–Crippen MR) is 188 cm³/mol. The van der Waals surface area contributed by atoms with E-state index in [9.17, 15) is 0 Å². The van der Waals surface area contributed by atoms with Crippen LogP contribution in [0.4, 0.5) is 0 Å². The molecule has 2 N–H and O–H groups in total. The molecule has 38 heavy (non-hydrogen) atoms. The molecule has 0 aromatic rings. The molecule has 0 amide bonds. The first-order valence-electron chi connectivity index (χ1n) is 15.7. The van der Waals surface area contributed by atoms with Crippen LogP contribution in [0.3, 0.4) is 0 Å². The molecular weight excluding hydrogens is 478 g/mol. The molecule has 0 aliphatic carbocycles. The van der Waals surface area contributed by atoms with Gasteiger partial charge in [-0.1, -0.05) is 151 Å². The van der Waals surface area contributed by atoms with Crippen molar-refractivity contribution in [1.82, 2.24) is 0 Å². The van der Waals surface area contributed by atoms with Crippen molar-refractivity contribution < 1.29 is 0 Å². The molecule has 238 valence electrons. The number of hydrogen-bond donors (Lipinski definition) is 1. The van der Waals surface area contributed by atoms with Gasteiger partial charge in [0.05, 0.1) is 0 Å². The summed E-state index contributed by atoms with van der Waals surface area (Å²) < 4.78 is 0. The molecule has 0 aliphatic heterocycles. The van der Waals surface area contributed by atoms with Crippen LogP contribution >= 0.6 is 11.8 Å². The summed E-state index contributed by atoms with van der Waals surface area (Å²) in [5, 5.41) is 0. The van der Waals surface area contributed by atoms with Crippen molar-refractivity contribution in [2.75, 3.05) is 18.6 Å². The van der Waals surface area contributed by atoms with Crippen molar-refractivity contribution in [2.45, 2.75) is 177 Å². The Morgan fingerprint density at radius 1 is 0.605 bits per heavy atom. The Hall–Kier alpha value is 0.310. The lowest BCUT2D eigenvalue weighted by Gasteiger charge is -2.25. The van der Waals surface area contributed by atoms with E-state index in [1.807, 2.05) is 11.8 Å². The van der Waals surface area contributed by atoms with Crippen molar-refractivity contribution in [1.29, 1.82) is 0 Å². The van der Waals surface area contributed by atoms with E-state index in [1.165, 1.54) is 44.3 Å². The maximum absolute atomic E-state index is 5.36. The van der Waals surface area contributed by atoms with E-state index in [0.717, 1.165) is 18.4 Å². The minimum Gasteiger partial charge on any atom is -0.330 e. The highest BCUT2D eigenvalue weighted by atomic mass is 32.2. The monoisotopic (exact) mass is 562 g/mol. The summed E-state index contributed by atoms with van der Waals surface area (Å²) in [6.45, 7) is 46.1. The standard InChI is InChI=1S/C8H19N.2C8H18.C7H16S.C5H12/c1-8(2,3)6-4-5-7-9;1-7(2)6-8(3,4)5;1-6-7(2)8(3,4)5;1-7(2,3)5-6-8-4;1-5(2,3)4/h4-7,9H2,1-3H3;2*7H,6H2,1-5H3;5-6H2,1-4H3;1-4H3. The van der Waals surface area contributed by atoms with Gasteiger partial charge in [-0.05, 0) is 83.1 Å². The van der Waals surface area contributed by atoms with E-state index >= 15 is 0 Å². The molecule has 0 rings (SSSR count). The van der Waals surface area contributed by atoms with Gasteiger partial charge < -0.3 is 5.73 Å². The minimum absolute atomic E-state index is 0.495. The average Bonchev–Trinajstić information content (AvgIpc) is 2.62. The topological polar surface area (TPSA) is 26.0 Å². The Balaban J connectivity index is -0.000000121. The Morgan fingerprint density at radius 3 is 1.08 bits per heavy atom. The molecule has 0 spiro atoms. The van der Waals surface area contributed by atoms with Crippen LogP contribution in [0.15, 0.2) is 0 Å². The molecule has 1 atom stereocenters. The fourth-order valence-corrected chi connectivity index (χ4v) is 3.86. The fourth-order valence-electron chi connectivity index (χ4n) is 3.05. The first-order valence-corrected chi connectivity index (χ1v) is 17.1. The minimum atomic E-state index is 0.495. The maximum atomic E-state index is 5.36. The van der Waals surface area contributed by atoms with Gasteiger partial charge in [0.15, 0.2) is 0 Å². The summed E-state index contributed by atoms with van der Waals surface area (Å²) in [4.78, 5) is 0. The fraction of sp³-hybridized carbons (Fsp3) is 1.00. The molecule has 0 saturated heterocycles. The molecule has 0 bridgehead atoms. The zero-order chi connectivity index (χ0) is 32.0. The van der Waals surface area contributed by atoms with Gasteiger partial charge in [-0.25, -0.2) is 0 Å². The lowest BCUT2D eigenvalue weighted by Crippen LogP contribution is -2.15. The van der Waals surface area contributed by atoms with Gasteiger partial charge in [-0.15, -0.1) is 0 Å². The van der Waals surface area contributed by atoms with Crippen molar-refractivity contribution in [3.05, 3.63) is 0 Å². The second-order valence-corrected chi connectivity index (χ2v) is 18.9. The molecular formula is C36H83NS. The third kappa shape index (κ3) is 76.6. The van der Waals surface area contributed by atoms with Crippen LogP contribution in [0.1, 0.15) is 177 Å². The summed E-state index contributed by atoms with van der Waals surface area (Å²) in [6.07, 6.45) is 9.86. The van der Waals surface area contributed by atoms with Gasteiger partial charge in [0, 0.05) is 0 Å². The van der Waals surface area contributed by atoms with E-state index in [2.05, 4.69) is 145 Å². The zero-order valence-electron chi connectivity index (χ0n) is 31.3. The van der Waals surface area contributed by atoms with Crippen LogP contribution in [0.25, 0.3) is 0 Å². The summed E-state index contributed by atoms with van der Waals surface area (Å²) in [5.74, 6) is 2.99. The van der Waals surface area contributed by atoms with Gasteiger partial charge >= 0.3 is 0 Å². The Morgan fingerprint density at radius 2 is 0.974 bits per heavy atom. The average molecular weight is 562 g/mol. The third-order valence-corrected chi connectivity index (χ3v) is 6.16. The number of thioether (sulfide) groups is 1. The second-order valence-electron chi connectivity index (χ2n) is 17.9. The maximum Gasteiger partial charge on any atom is -0.00653 e. The van der Waals surface area contributed by atoms with Crippen LogP contribution < -0.4 is 5.73 Å². The number of unbranched alkanes of at least 4 members (excludes halogenated alkanes) is 1. The van der Waals surface area contributed by atoms with Crippen molar-refractivity contribution >= 4 is 11.8 Å². The Labute approximate surface area is 251 Å². The van der Waals surface area contributed by atoms with Gasteiger partial charge in [-0.3, -0.25) is 0 Å². The van der Waals surface area contributed by atoms with E-state index in [-0.39, 0.29) is 0 Å². The van der Waals surface area contributed by atoms with E-state index in [4.69, 9.17) is 5.73 Å². The highest BCUT2D eigenvalue weighted by molar-refractivity contribution is 7.98. The SMILES string of the molecule is CC(C)(C)C.CC(C)(C)CCCCN.CC(C)CC(C)(C)C.CCC(C)C(C)(C)C.CSCCC(C)(C)C. The first-order chi connectivity index (χ1) is 16.5. The Kier molecular flexibility index (Phi) is 30.3. The summed E-state index contributed by atoms with van der Waals surface area (Å²) in [7, 11) is 0. The molecule has 0 aromatic heterocycles. The number of rotatable bonds is 7. The molecule has 0 heterocycles. The Bertz CT molecular complexity index is 452. The van der Waals surface area contributed by atoms with Crippen LogP contribution in [0.5, 0.6) is 0 Å². The smallest absolute Gasteiger partial charge is 0.00653 e. The van der Waals surface area contributed by atoms with Gasteiger partial charge in [0.25, 0.3) is 0 Å². The van der Waals surface area contributed by atoms with E-state index in [1.54, 1.807) is 0 Å². The highest BCUT2D eigenvalue weighted by Crippen LogP contribution is 2.27. The lowest BCUT2D eigenvalue weighted by atomic mass is 9.81. The predicted octanol–water partition coefficient (Wildman–Crippen LogP) is 13.2. The summed E-state index contributed by atoms with van der Waals surface area (Å²) >= 11 is 1.93. The molecule has 0 saturated carbocycles. The first kappa shape index (κ1) is 48.1. The van der Waals surface area contributed by atoms with Crippen LogP contribution in [0.2, 0.25) is 0 Å². The quantitative estimate of drug-likeness (QED) is 0.313.